The number of hydrogen-bond donors (Lipinski definition) is 1. The van der Waals surface area contributed by atoms with Crippen molar-refractivity contribution < 1.29 is 4.79 Å². The number of benzene rings is 1. The van der Waals surface area contributed by atoms with Crippen LogP contribution in [-0.2, 0) is 6.54 Å². The van der Waals surface area contributed by atoms with Gasteiger partial charge in [0.2, 0.25) is 0 Å². The number of nitrogens with one attached hydrogen (secondary N) is 1. The fraction of sp³-hybridized carbons (Fsp3) is 0.227. The summed E-state index contributed by atoms with van der Waals surface area (Å²) in [5.41, 5.74) is 1.62. The predicted octanol–water partition coefficient (Wildman–Crippen LogP) is 4.40. The number of amides is 1. The van der Waals surface area contributed by atoms with E-state index in [9.17, 15) is 4.79 Å². The van der Waals surface area contributed by atoms with Crippen molar-refractivity contribution >= 4 is 23.5 Å². The molecule has 6 heteroatoms. The Labute approximate surface area is 170 Å². The molecule has 1 aromatic carbocycles. The lowest BCUT2D eigenvalue weighted by Crippen LogP contribution is -2.24. The van der Waals surface area contributed by atoms with E-state index in [1.54, 1.807) is 18.0 Å². The Balaban J connectivity index is 1.54. The van der Waals surface area contributed by atoms with Gasteiger partial charge in [-0.2, -0.15) is 0 Å². The van der Waals surface area contributed by atoms with Gasteiger partial charge in [-0.3, -0.25) is 4.79 Å². The summed E-state index contributed by atoms with van der Waals surface area (Å²) >= 11 is 1.57. The first-order valence-corrected chi connectivity index (χ1v) is 10.2. The van der Waals surface area contributed by atoms with E-state index < -0.39 is 0 Å². The lowest BCUT2D eigenvalue weighted by molar-refractivity contribution is 0.0951. The van der Waals surface area contributed by atoms with Crippen LogP contribution in [0, 0.1) is 0 Å². The van der Waals surface area contributed by atoms with Gasteiger partial charge < -0.3 is 10.2 Å². The van der Waals surface area contributed by atoms with Gasteiger partial charge in [-0.25, -0.2) is 9.97 Å². The Morgan fingerprint density at radius 3 is 2.39 bits per heavy atom. The normalized spacial score (nSPS) is 10.5. The van der Waals surface area contributed by atoms with Crippen LogP contribution in [0.4, 0.5) is 5.82 Å². The number of pyridine rings is 2. The summed E-state index contributed by atoms with van der Waals surface area (Å²) < 4.78 is 0. The van der Waals surface area contributed by atoms with Gasteiger partial charge in [-0.15, -0.1) is 0 Å². The second-order valence-corrected chi connectivity index (χ2v) is 7.27. The number of aromatic nitrogens is 2. The molecule has 0 bridgehead atoms. The predicted molar refractivity (Wildman–Crippen MR) is 114 cm³/mol. The molecule has 5 nitrogen and oxygen atoms in total. The zero-order chi connectivity index (χ0) is 19.8. The minimum absolute atomic E-state index is 0.0952. The number of carbonyl (C=O) groups is 1. The van der Waals surface area contributed by atoms with Gasteiger partial charge in [0, 0.05) is 42.5 Å². The summed E-state index contributed by atoms with van der Waals surface area (Å²) in [6.45, 7) is 6.52. The zero-order valence-electron chi connectivity index (χ0n) is 16.1. The van der Waals surface area contributed by atoms with Gasteiger partial charge in [-0.1, -0.05) is 23.9 Å². The number of hydrogen-bond acceptors (Lipinski definition) is 5. The number of carbonyl (C=O) groups excluding carboxylic acids is 1. The average Bonchev–Trinajstić information content (AvgIpc) is 2.75. The number of anilines is 1. The third-order valence-corrected chi connectivity index (χ3v) is 5.28. The van der Waals surface area contributed by atoms with Gasteiger partial charge in [0.1, 0.15) is 10.8 Å². The quantitative estimate of drug-likeness (QED) is 0.616. The second-order valence-electron chi connectivity index (χ2n) is 6.17. The van der Waals surface area contributed by atoms with Crippen molar-refractivity contribution in [3.8, 4) is 0 Å². The van der Waals surface area contributed by atoms with E-state index in [0.29, 0.717) is 12.1 Å². The molecule has 0 radical (unpaired) electrons. The summed E-state index contributed by atoms with van der Waals surface area (Å²) in [7, 11) is 0. The molecule has 3 rings (SSSR count). The maximum atomic E-state index is 12.4. The third-order valence-electron chi connectivity index (χ3n) is 4.33. The van der Waals surface area contributed by atoms with Gasteiger partial charge in [0.05, 0.1) is 0 Å². The molecule has 0 saturated carbocycles. The summed E-state index contributed by atoms with van der Waals surface area (Å²) in [4.78, 5) is 24.4. The number of nitrogens with zero attached hydrogens (tertiary/aromatic N) is 3. The van der Waals surface area contributed by atoms with Crippen LogP contribution >= 0.6 is 11.8 Å². The van der Waals surface area contributed by atoms with E-state index in [1.165, 1.54) is 0 Å². The minimum Gasteiger partial charge on any atom is -0.357 e. The topological polar surface area (TPSA) is 58.1 Å². The third kappa shape index (κ3) is 5.33. The van der Waals surface area contributed by atoms with E-state index in [0.717, 1.165) is 34.4 Å². The highest BCUT2D eigenvalue weighted by Gasteiger charge is 2.07. The van der Waals surface area contributed by atoms with Crippen LogP contribution in [0.5, 0.6) is 0 Å². The van der Waals surface area contributed by atoms with Crippen molar-refractivity contribution in [1.29, 1.82) is 0 Å². The monoisotopic (exact) mass is 392 g/mol. The van der Waals surface area contributed by atoms with Crippen molar-refractivity contribution in [2.45, 2.75) is 30.3 Å². The Morgan fingerprint density at radius 2 is 1.79 bits per heavy atom. The first-order chi connectivity index (χ1) is 13.7. The van der Waals surface area contributed by atoms with Crippen LogP contribution < -0.4 is 10.2 Å². The van der Waals surface area contributed by atoms with E-state index in [4.69, 9.17) is 0 Å². The molecular formula is C22H24N4OS. The average molecular weight is 393 g/mol. The highest BCUT2D eigenvalue weighted by Crippen LogP contribution is 2.25. The van der Waals surface area contributed by atoms with E-state index >= 15 is 0 Å². The highest BCUT2D eigenvalue weighted by atomic mass is 32.2. The van der Waals surface area contributed by atoms with Crippen molar-refractivity contribution in [2.75, 3.05) is 18.0 Å². The lowest BCUT2D eigenvalue weighted by atomic mass is 10.2. The molecule has 0 atom stereocenters. The van der Waals surface area contributed by atoms with Crippen molar-refractivity contribution in [1.82, 2.24) is 15.3 Å². The molecule has 0 aliphatic heterocycles. The maximum absolute atomic E-state index is 12.4. The maximum Gasteiger partial charge on any atom is 0.251 e. The summed E-state index contributed by atoms with van der Waals surface area (Å²) in [5.74, 6) is 0.864. The van der Waals surface area contributed by atoms with Crippen LogP contribution in [0.2, 0.25) is 0 Å². The smallest absolute Gasteiger partial charge is 0.251 e. The SMILES string of the molecule is CCN(CC)c1ccc(CNC(=O)c2ccc(Sc3ccccn3)cc2)cn1. The Morgan fingerprint density at radius 1 is 1.00 bits per heavy atom. The molecule has 2 heterocycles. The molecule has 3 aromatic rings. The molecule has 0 fully saturated rings. The van der Waals surface area contributed by atoms with Crippen molar-refractivity contribution in [3.63, 3.8) is 0 Å². The molecule has 0 aliphatic rings. The summed E-state index contributed by atoms with van der Waals surface area (Å²) in [5, 5.41) is 3.88. The molecule has 0 spiro atoms. The summed E-state index contributed by atoms with van der Waals surface area (Å²) in [6.07, 6.45) is 3.59. The van der Waals surface area contributed by atoms with E-state index in [2.05, 4.69) is 34.0 Å². The van der Waals surface area contributed by atoms with Gasteiger partial charge in [0.25, 0.3) is 5.91 Å². The molecule has 144 valence electrons. The summed E-state index contributed by atoms with van der Waals surface area (Å²) in [6, 6.07) is 17.4. The molecule has 28 heavy (non-hydrogen) atoms. The molecule has 0 saturated heterocycles. The standard InChI is InChI=1S/C22H24N4OS/c1-3-26(4-2)20-13-8-17(15-24-20)16-25-22(27)18-9-11-19(12-10-18)28-21-7-5-6-14-23-21/h5-15H,3-4,16H2,1-2H3,(H,25,27). The Hall–Kier alpha value is -2.86. The first-order valence-electron chi connectivity index (χ1n) is 9.36. The van der Waals surface area contributed by atoms with Crippen LogP contribution in [0.25, 0.3) is 0 Å². The van der Waals surface area contributed by atoms with Crippen molar-refractivity contribution in [3.05, 3.63) is 78.1 Å². The Kier molecular flexibility index (Phi) is 7.03. The Bertz CT molecular complexity index is 879. The second kappa shape index (κ2) is 9.90. The molecule has 2 aromatic heterocycles. The molecule has 1 N–H and O–H groups in total. The highest BCUT2D eigenvalue weighted by molar-refractivity contribution is 7.99. The fourth-order valence-electron chi connectivity index (χ4n) is 2.74. The molecular weight excluding hydrogens is 368 g/mol. The van der Waals surface area contributed by atoms with Crippen LogP contribution in [-0.4, -0.2) is 29.0 Å². The van der Waals surface area contributed by atoms with Crippen molar-refractivity contribution in [2.24, 2.45) is 0 Å². The number of rotatable bonds is 8. The van der Waals surface area contributed by atoms with Crippen LogP contribution in [0.1, 0.15) is 29.8 Å². The van der Waals surface area contributed by atoms with E-state index in [1.807, 2.05) is 60.8 Å². The lowest BCUT2D eigenvalue weighted by Gasteiger charge is -2.19. The molecule has 0 unspecified atom stereocenters. The molecule has 0 aliphatic carbocycles. The molecule has 1 amide bonds. The minimum atomic E-state index is -0.0952. The van der Waals surface area contributed by atoms with Crippen LogP contribution in [0.3, 0.4) is 0 Å². The van der Waals surface area contributed by atoms with Crippen LogP contribution in [0.15, 0.2) is 76.9 Å². The fourth-order valence-corrected chi connectivity index (χ4v) is 3.52. The van der Waals surface area contributed by atoms with Gasteiger partial charge in [0.15, 0.2) is 0 Å². The van der Waals surface area contributed by atoms with Gasteiger partial charge in [-0.05, 0) is 61.9 Å². The van der Waals surface area contributed by atoms with Gasteiger partial charge >= 0.3 is 0 Å². The first kappa shape index (κ1) is 19.9. The zero-order valence-corrected chi connectivity index (χ0v) is 16.9. The largest absolute Gasteiger partial charge is 0.357 e. The van der Waals surface area contributed by atoms with E-state index in [-0.39, 0.29) is 5.91 Å².